The second-order valence-corrected chi connectivity index (χ2v) is 7.33. The maximum atomic E-state index is 6.05. The summed E-state index contributed by atoms with van der Waals surface area (Å²) in [5.41, 5.74) is 1.12. The van der Waals surface area contributed by atoms with Crippen LogP contribution in [0.2, 0.25) is 5.15 Å². The third-order valence-corrected chi connectivity index (χ3v) is 5.66. The first kappa shape index (κ1) is 14.8. The van der Waals surface area contributed by atoms with Gasteiger partial charge in [0, 0.05) is 25.1 Å². The van der Waals surface area contributed by atoms with Crippen LogP contribution in [0.3, 0.4) is 0 Å². The first-order valence-corrected chi connectivity index (χ1v) is 9.00. The largest absolute Gasteiger partial charge is 0.356 e. The molecule has 1 fully saturated rings. The van der Waals surface area contributed by atoms with E-state index in [1.807, 2.05) is 24.3 Å². The van der Waals surface area contributed by atoms with Crippen molar-refractivity contribution in [2.45, 2.75) is 25.7 Å². The highest BCUT2D eigenvalue weighted by Gasteiger charge is 2.24. The fourth-order valence-electron chi connectivity index (χ4n) is 3.10. The van der Waals surface area contributed by atoms with Gasteiger partial charge in [0.25, 0.3) is 0 Å². The Bertz CT molecular complexity index is 786. The Morgan fingerprint density at radius 2 is 1.91 bits per heavy atom. The molecule has 118 valence electrons. The van der Waals surface area contributed by atoms with Gasteiger partial charge < -0.3 is 4.90 Å². The molecule has 1 aliphatic rings. The molecule has 0 atom stereocenters. The summed E-state index contributed by atoms with van der Waals surface area (Å²) in [5.74, 6) is 2.20. The van der Waals surface area contributed by atoms with Crippen molar-refractivity contribution in [3.8, 4) is 0 Å². The molecule has 0 bridgehead atoms. The van der Waals surface area contributed by atoms with Crippen LogP contribution in [0, 0.1) is 6.92 Å². The predicted octanol–water partition coefficient (Wildman–Crippen LogP) is 4.43. The lowest BCUT2D eigenvalue weighted by atomic mass is 9.97. The highest BCUT2D eigenvalue weighted by Crippen LogP contribution is 2.34. The van der Waals surface area contributed by atoms with E-state index in [0.29, 0.717) is 11.1 Å². The van der Waals surface area contributed by atoms with Gasteiger partial charge in [-0.1, -0.05) is 23.7 Å². The number of rotatable bonds is 2. The van der Waals surface area contributed by atoms with Crippen LogP contribution in [-0.2, 0) is 0 Å². The summed E-state index contributed by atoms with van der Waals surface area (Å²) in [6.45, 7) is 3.84. The quantitative estimate of drug-likeness (QED) is 0.645. The van der Waals surface area contributed by atoms with E-state index in [1.54, 1.807) is 0 Å². The first-order valence-electron chi connectivity index (χ1n) is 7.80. The van der Waals surface area contributed by atoms with E-state index in [0.717, 1.165) is 43.1 Å². The molecule has 23 heavy (non-hydrogen) atoms. The van der Waals surface area contributed by atoms with Gasteiger partial charge in [-0.15, -0.1) is 11.3 Å². The summed E-state index contributed by atoms with van der Waals surface area (Å²) in [6.07, 6.45) is 2.20. The maximum Gasteiger partial charge on any atom is 0.134 e. The second kappa shape index (κ2) is 6.06. The van der Waals surface area contributed by atoms with Crippen molar-refractivity contribution in [1.29, 1.82) is 0 Å². The van der Waals surface area contributed by atoms with Crippen LogP contribution in [0.5, 0.6) is 0 Å². The molecule has 0 radical (unpaired) electrons. The van der Waals surface area contributed by atoms with Crippen LogP contribution in [-0.4, -0.2) is 28.0 Å². The van der Waals surface area contributed by atoms with Crippen LogP contribution in [0.15, 0.2) is 30.3 Å². The lowest BCUT2D eigenvalue weighted by Crippen LogP contribution is -2.33. The van der Waals surface area contributed by atoms with Gasteiger partial charge in [0.15, 0.2) is 0 Å². The van der Waals surface area contributed by atoms with Gasteiger partial charge in [-0.2, -0.15) is 0 Å². The molecule has 6 heteroatoms. The third kappa shape index (κ3) is 3.03. The molecule has 3 heterocycles. The van der Waals surface area contributed by atoms with E-state index in [1.165, 1.54) is 9.71 Å². The Morgan fingerprint density at radius 1 is 1.13 bits per heavy atom. The highest BCUT2D eigenvalue weighted by molar-refractivity contribution is 7.18. The monoisotopic (exact) mass is 344 g/mol. The van der Waals surface area contributed by atoms with Crippen molar-refractivity contribution in [3.05, 3.63) is 46.3 Å². The smallest absolute Gasteiger partial charge is 0.134 e. The summed E-state index contributed by atoms with van der Waals surface area (Å²) in [7, 11) is 0. The molecule has 2 aromatic heterocycles. The third-order valence-electron chi connectivity index (χ3n) is 4.27. The summed E-state index contributed by atoms with van der Waals surface area (Å²) < 4.78 is 1.28. The van der Waals surface area contributed by atoms with Gasteiger partial charge in [-0.25, -0.2) is 15.0 Å². The zero-order chi connectivity index (χ0) is 15.8. The minimum Gasteiger partial charge on any atom is -0.356 e. The summed E-state index contributed by atoms with van der Waals surface area (Å²) in [4.78, 5) is 15.8. The number of halogens is 1. The van der Waals surface area contributed by atoms with E-state index in [2.05, 4.69) is 39.1 Å². The van der Waals surface area contributed by atoms with Gasteiger partial charge in [-0.05, 0) is 31.9 Å². The van der Waals surface area contributed by atoms with E-state index >= 15 is 0 Å². The summed E-state index contributed by atoms with van der Waals surface area (Å²) >= 11 is 7.88. The van der Waals surface area contributed by atoms with E-state index in [4.69, 9.17) is 16.6 Å². The zero-order valence-corrected chi connectivity index (χ0v) is 14.4. The number of hydrogen-bond donors (Lipinski definition) is 0. The molecular weight excluding hydrogens is 328 g/mol. The zero-order valence-electron chi connectivity index (χ0n) is 12.9. The Balaban J connectivity index is 1.50. The number of fused-ring (bicyclic) bond motifs is 1. The number of benzene rings is 1. The number of nitrogens with zero attached hydrogens (tertiary/aromatic N) is 4. The first-order chi connectivity index (χ1) is 11.2. The van der Waals surface area contributed by atoms with Crippen molar-refractivity contribution in [1.82, 2.24) is 15.0 Å². The SMILES string of the molecule is Cc1nc(Cl)cc(N2CCC(c3nc4ccccc4s3)CC2)n1. The number of aryl methyl sites for hydroxylation is 1. The molecule has 0 N–H and O–H groups in total. The minimum absolute atomic E-state index is 0.515. The van der Waals surface area contributed by atoms with E-state index < -0.39 is 0 Å². The predicted molar refractivity (Wildman–Crippen MR) is 95.6 cm³/mol. The number of aromatic nitrogens is 3. The average Bonchev–Trinajstić information content (AvgIpc) is 2.98. The molecule has 4 rings (SSSR count). The Kier molecular flexibility index (Phi) is 3.91. The van der Waals surface area contributed by atoms with Gasteiger partial charge in [0.2, 0.25) is 0 Å². The standard InChI is InChI=1S/C17H17ClN4S/c1-11-19-15(18)10-16(20-11)22-8-6-12(7-9-22)17-21-13-4-2-3-5-14(13)23-17/h2-5,10,12H,6-9H2,1H3. The molecule has 0 saturated carbocycles. The van der Waals surface area contributed by atoms with Gasteiger partial charge in [0.05, 0.1) is 15.2 Å². The summed E-state index contributed by atoms with van der Waals surface area (Å²) in [6, 6.07) is 10.2. The number of para-hydroxylation sites is 1. The van der Waals surface area contributed by atoms with Crippen LogP contribution in [0.1, 0.15) is 29.6 Å². The Morgan fingerprint density at radius 3 is 2.65 bits per heavy atom. The molecule has 4 nitrogen and oxygen atoms in total. The van der Waals surface area contributed by atoms with Crippen molar-refractivity contribution < 1.29 is 0 Å². The lowest BCUT2D eigenvalue weighted by Gasteiger charge is -2.32. The molecule has 3 aromatic rings. The molecule has 0 amide bonds. The van der Waals surface area contributed by atoms with Crippen LogP contribution in [0.4, 0.5) is 5.82 Å². The average molecular weight is 345 g/mol. The van der Waals surface area contributed by atoms with Crippen molar-refractivity contribution >= 4 is 39.0 Å². The molecule has 1 aliphatic heterocycles. The Labute approximate surface area is 144 Å². The molecule has 0 aliphatic carbocycles. The summed E-state index contributed by atoms with van der Waals surface area (Å²) in [5, 5.41) is 1.78. The second-order valence-electron chi connectivity index (χ2n) is 5.88. The number of anilines is 1. The van der Waals surface area contributed by atoms with Crippen LogP contribution < -0.4 is 4.90 Å². The highest BCUT2D eigenvalue weighted by atomic mass is 35.5. The van der Waals surface area contributed by atoms with Crippen LogP contribution >= 0.6 is 22.9 Å². The molecule has 1 aromatic carbocycles. The maximum absolute atomic E-state index is 6.05. The van der Waals surface area contributed by atoms with Crippen molar-refractivity contribution in [3.63, 3.8) is 0 Å². The molecule has 1 saturated heterocycles. The van der Waals surface area contributed by atoms with E-state index in [9.17, 15) is 0 Å². The van der Waals surface area contributed by atoms with Crippen molar-refractivity contribution in [2.24, 2.45) is 0 Å². The number of hydrogen-bond acceptors (Lipinski definition) is 5. The fraction of sp³-hybridized carbons (Fsp3) is 0.353. The lowest BCUT2D eigenvalue weighted by molar-refractivity contribution is 0.501. The molecule has 0 spiro atoms. The van der Waals surface area contributed by atoms with Gasteiger partial charge in [-0.3, -0.25) is 0 Å². The van der Waals surface area contributed by atoms with Crippen LogP contribution in [0.25, 0.3) is 10.2 Å². The molecule has 0 unspecified atom stereocenters. The minimum atomic E-state index is 0.515. The van der Waals surface area contributed by atoms with Gasteiger partial charge in [0.1, 0.15) is 16.8 Å². The number of piperidine rings is 1. The van der Waals surface area contributed by atoms with Gasteiger partial charge >= 0.3 is 0 Å². The van der Waals surface area contributed by atoms with E-state index in [-0.39, 0.29) is 0 Å². The number of thiazole rings is 1. The normalized spacial score (nSPS) is 16.2. The topological polar surface area (TPSA) is 41.9 Å². The Hall–Kier alpha value is -1.72. The molecular formula is C17H17ClN4S. The fourth-order valence-corrected chi connectivity index (χ4v) is 4.46. The van der Waals surface area contributed by atoms with Crippen molar-refractivity contribution in [2.75, 3.05) is 18.0 Å².